The minimum atomic E-state index is 0.197. The van der Waals surface area contributed by atoms with E-state index in [-0.39, 0.29) is 6.04 Å². The Bertz CT molecular complexity index is 308. The second-order valence-corrected chi connectivity index (χ2v) is 3.12. The van der Waals surface area contributed by atoms with E-state index in [2.05, 4.69) is 17.1 Å². The standard InChI is InChI=1S/C10H12N2O/c11-10-12-9(7-13-10)6-8-4-2-1-3-5-8/h1-5,9H,6-7H2,(H2,11,12)/t9-/m0/s1. The van der Waals surface area contributed by atoms with Crippen LogP contribution in [-0.4, -0.2) is 18.7 Å². The molecule has 0 saturated carbocycles. The molecule has 3 heteroatoms. The van der Waals surface area contributed by atoms with Crippen LogP contribution in [-0.2, 0) is 11.2 Å². The van der Waals surface area contributed by atoms with Gasteiger partial charge in [-0.2, -0.15) is 0 Å². The quantitative estimate of drug-likeness (QED) is 0.729. The predicted molar refractivity (Wildman–Crippen MR) is 51.5 cm³/mol. The molecule has 0 radical (unpaired) electrons. The summed E-state index contributed by atoms with van der Waals surface area (Å²) in [5, 5.41) is 0. The highest BCUT2D eigenvalue weighted by Crippen LogP contribution is 2.09. The van der Waals surface area contributed by atoms with Crippen molar-refractivity contribution in [3.05, 3.63) is 35.9 Å². The molecule has 2 rings (SSSR count). The van der Waals surface area contributed by atoms with Crippen LogP contribution in [0.15, 0.2) is 35.3 Å². The van der Waals surface area contributed by atoms with Gasteiger partial charge >= 0.3 is 0 Å². The summed E-state index contributed by atoms with van der Waals surface area (Å²) in [6.45, 7) is 0.612. The second-order valence-electron chi connectivity index (χ2n) is 3.12. The van der Waals surface area contributed by atoms with Gasteiger partial charge in [0.05, 0.1) is 6.04 Å². The summed E-state index contributed by atoms with van der Waals surface area (Å²) < 4.78 is 5.07. The summed E-state index contributed by atoms with van der Waals surface area (Å²) in [6.07, 6.45) is 0.904. The maximum Gasteiger partial charge on any atom is 0.282 e. The predicted octanol–water partition coefficient (Wildman–Crippen LogP) is 0.943. The van der Waals surface area contributed by atoms with E-state index < -0.39 is 0 Å². The highest BCUT2D eigenvalue weighted by atomic mass is 16.5. The van der Waals surface area contributed by atoms with Crippen LogP contribution in [0, 0.1) is 0 Å². The van der Waals surface area contributed by atoms with E-state index in [1.165, 1.54) is 5.56 Å². The first-order chi connectivity index (χ1) is 6.34. The molecule has 0 spiro atoms. The largest absolute Gasteiger partial charge is 0.463 e. The Kier molecular flexibility index (Phi) is 2.17. The molecule has 0 saturated heterocycles. The Hall–Kier alpha value is -1.51. The molecular weight excluding hydrogens is 164 g/mol. The van der Waals surface area contributed by atoms with Gasteiger partial charge in [-0.25, -0.2) is 4.99 Å². The molecule has 1 aliphatic heterocycles. The number of nitrogens with zero attached hydrogens (tertiary/aromatic N) is 1. The van der Waals surface area contributed by atoms with Gasteiger partial charge in [0, 0.05) is 0 Å². The highest BCUT2D eigenvalue weighted by molar-refractivity contribution is 5.73. The van der Waals surface area contributed by atoms with Crippen molar-refractivity contribution in [3.8, 4) is 0 Å². The maximum atomic E-state index is 5.41. The van der Waals surface area contributed by atoms with Crippen LogP contribution in [0.5, 0.6) is 0 Å². The molecular formula is C10H12N2O. The minimum Gasteiger partial charge on any atom is -0.463 e. The van der Waals surface area contributed by atoms with Gasteiger partial charge < -0.3 is 10.5 Å². The fourth-order valence-corrected chi connectivity index (χ4v) is 1.43. The number of aliphatic imine (C=N–C) groups is 1. The van der Waals surface area contributed by atoms with Gasteiger partial charge in [-0.05, 0) is 12.0 Å². The molecule has 0 amide bonds. The Morgan fingerprint density at radius 3 is 2.77 bits per heavy atom. The number of hydrogen-bond donors (Lipinski definition) is 1. The first kappa shape index (κ1) is 8.10. The van der Waals surface area contributed by atoms with Crippen molar-refractivity contribution in [1.29, 1.82) is 0 Å². The van der Waals surface area contributed by atoms with Crippen molar-refractivity contribution in [2.24, 2.45) is 10.7 Å². The van der Waals surface area contributed by atoms with Crippen LogP contribution in [0.4, 0.5) is 0 Å². The normalized spacial score (nSPS) is 20.9. The van der Waals surface area contributed by atoms with Gasteiger partial charge in [-0.1, -0.05) is 30.3 Å². The molecule has 1 aromatic rings. The van der Waals surface area contributed by atoms with Crippen LogP contribution in [0.2, 0.25) is 0 Å². The Morgan fingerprint density at radius 2 is 2.15 bits per heavy atom. The number of nitrogens with two attached hydrogens (primary N) is 1. The highest BCUT2D eigenvalue weighted by Gasteiger charge is 2.16. The maximum absolute atomic E-state index is 5.41. The first-order valence-electron chi connectivity index (χ1n) is 4.34. The molecule has 1 aliphatic rings. The minimum absolute atomic E-state index is 0.197. The third-order valence-corrected chi connectivity index (χ3v) is 2.05. The molecule has 0 unspecified atom stereocenters. The van der Waals surface area contributed by atoms with E-state index in [0.717, 1.165) is 6.42 Å². The molecule has 0 bridgehead atoms. The van der Waals surface area contributed by atoms with Gasteiger partial charge in [0.2, 0.25) is 0 Å². The van der Waals surface area contributed by atoms with Crippen LogP contribution in [0.3, 0.4) is 0 Å². The number of hydrogen-bond acceptors (Lipinski definition) is 3. The zero-order valence-corrected chi connectivity index (χ0v) is 7.31. The number of rotatable bonds is 2. The van der Waals surface area contributed by atoms with Crippen molar-refractivity contribution in [1.82, 2.24) is 0 Å². The second kappa shape index (κ2) is 3.47. The third kappa shape index (κ3) is 1.99. The molecule has 0 fully saturated rings. The van der Waals surface area contributed by atoms with Gasteiger partial charge in [-0.15, -0.1) is 0 Å². The van der Waals surface area contributed by atoms with E-state index in [1.807, 2.05) is 18.2 Å². The summed E-state index contributed by atoms with van der Waals surface area (Å²) in [5.41, 5.74) is 6.68. The Balaban J connectivity index is 2.00. The topological polar surface area (TPSA) is 47.6 Å². The Morgan fingerprint density at radius 1 is 1.38 bits per heavy atom. The molecule has 68 valence electrons. The molecule has 13 heavy (non-hydrogen) atoms. The average molecular weight is 176 g/mol. The molecule has 1 aromatic carbocycles. The van der Waals surface area contributed by atoms with Gasteiger partial charge in [0.25, 0.3) is 6.02 Å². The molecule has 1 atom stereocenters. The van der Waals surface area contributed by atoms with Gasteiger partial charge in [0.15, 0.2) is 0 Å². The lowest BCUT2D eigenvalue weighted by Gasteiger charge is -2.03. The zero-order valence-electron chi connectivity index (χ0n) is 7.31. The lowest BCUT2D eigenvalue weighted by atomic mass is 10.1. The third-order valence-electron chi connectivity index (χ3n) is 2.05. The van der Waals surface area contributed by atoms with E-state index in [4.69, 9.17) is 10.5 Å². The summed E-state index contributed by atoms with van der Waals surface area (Å²) in [7, 11) is 0. The number of benzene rings is 1. The summed E-state index contributed by atoms with van der Waals surface area (Å²) >= 11 is 0. The van der Waals surface area contributed by atoms with Crippen LogP contribution < -0.4 is 5.73 Å². The van der Waals surface area contributed by atoms with Crippen molar-refractivity contribution < 1.29 is 4.74 Å². The molecule has 0 aromatic heterocycles. The first-order valence-corrected chi connectivity index (χ1v) is 4.34. The van der Waals surface area contributed by atoms with E-state index >= 15 is 0 Å². The number of amidine groups is 1. The van der Waals surface area contributed by atoms with Crippen LogP contribution in [0.25, 0.3) is 0 Å². The fraction of sp³-hybridized carbons (Fsp3) is 0.300. The zero-order chi connectivity index (χ0) is 9.10. The average Bonchev–Trinajstić information content (AvgIpc) is 2.53. The molecule has 0 aliphatic carbocycles. The van der Waals surface area contributed by atoms with Crippen molar-refractivity contribution in [3.63, 3.8) is 0 Å². The molecule has 2 N–H and O–H groups in total. The van der Waals surface area contributed by atoms with Crippen molar-refractivity contribution in [2.45, 2.75) is 12.5 Å². The van der Waals surface area contributed by atoms with Gasteiger partial charge in [-0.3, -0.25) is 0 Å². The lowest BCUT2D eigenvalue weighted by Crippen LogP contribution is -2.11. The van der Waals surface area contributed by atoms with E-state index in [1.54, 1.807) is 0 Å². The summed E-state index contributed by atoms with van der Waals surface area (Å²) in [4.78, 5) is 4.16. The summed E-state index contributed by atoms with van der Waals surface area (Å²) in [6, 6.07) is 10.7. The fourth-order valence-electron chi connectivity index (χ4n) is 1.43. The van der Waals surface area contributed by atoms with E-state index in [9.17, 15) is 0 Å². The van der Waals surface area contributed by atoms with Gasteiger partial charge in [0.1, 0.15) is 6.61 Å². The van der Waals surface area contributed by atoms with Crippen LogP contribution >= 0.6 is 0 Å². The Labute approximate surface area is 77.2 Å². The number of ether oxygens (including phenoxy) is 1. The smallest absolute Gasteiger partial charge is 0.282 e. The van der Waals surface area contributed by atoms with E-state index in [0.29, 0.717) is 12.6 Å². The van der Waals surface area contributed by atoms with Crippen LogP contribution in [0.1, 0.15) is 5.56 Å². The molecule has 1 heterocycles. The van der Waals surface area contributed by atoms with Crippen molar-refractivity contribution in [2.75, 3.05) is 6.61 Å². The molecule has 3 nitrogen and oxygen atoms in total. The van der Waals surface area contributed by atoms with Crippen molar-refractivity contribution >= 4 is 6.02 Å². The monoisotopic (exact) mass is 176 g/mol. The SMILES string of the molecule is NC1=N[C@@H](Cc2ccccc2)CO1. The lowest BCUT2D eigenvalue weighted by molar-refractivity contribution is 0.312. The summed E-state index contributed by atoms with van der Waals surface area (Å²) in [5.74, 6) is 0.